The zero-order valence-electron chi connectivity index (χ0n) is 13.9. The number of rotatable bonds is 3. The van der Waals surface area contributed by atoms with Gasteiger partial charge in [0.2, 0.25) is 0 Å². The van der Waals surface area contributed by atoms with Crippen LogP contribution in [0.5, 0.6) is 0 Å². The molecule has 2 atom stereocenters. The zero-order chi connectivity index (χ0) is 15.9. The summed E-state index contributed by atoms with van der Waals surface area (Å²) in [5.74, 6) is 0.931. The molecular formula is C16H26N4O2. The highest BCUT2D eigenvalue weighted by Crippen LogP contribution is 2.26. The van der Waals surface area contributed by atoms with E-state index in [4.69, 9.17) is 4.74 Å². The van der Waals surface area contributed by atoms with E-state index in [1.54, 1.807) is 0 Å². The van der Waals surface area contributed by atoms with E-state index in [1.165, 1.54) is 0 Å². The van der Waals surface area contributed by atoms with Gasteiger partial charge in [0, 0.05) is 24.5 Å². The number of hydrogen-bond acceptors (Lipinski definition) is 6. The van der Waals surface area contributed by atoms with Gasteiger partial charge in [-0.15, -0.1) is 5.10 Å². The predicted octanol–water partition coefficient (Wildman–Crippen LogP) is 0.654. The molecule has 22 heavy (non-hydrogen) atoms. The van der Waals surface area contributed by atoms with Crippen molar-refractivity contribution in [1.82, 2.24) is 15.1 Å². The molecule has 3 heterocycles. The Labute approximate surface area is 132 Å². The zero-order valence-corrected chi connectivity index (χ0v) is 13.9. The van der Waals surface area contributed by atoms with Crippen molar-refractivity contribution in [3.8, 4) is 0 Å². The Morgan fingerprint density at radius 2 is 1.95 bits per heavy atom. The van der Waals surface area contributed by atoms with E-state index >= 15 is 0 Å². The Balaban J connectivity index is 1.57. The Hall–Kier alpha value is -1.24. The maximum absolute atomic E-state index is 9.91. The predicted molar refractivity (Wildman–Crippen MR) is 85.1 cm³/mol. The molecule has 1 aromatic heterocycles. The second-order valence-corrected chi connectivity index (χ2v) is 7.42. The van der Waals surface area contributed by atoms with Crippen LogP contribution < -0.4 is 4.90 Å². The number of aliphatic hydroxyl groups excluding tert-OH is 1. The monoisotopic (exact) mass is 306 g/mol. The second kappa shape index (κ2) is 5.76. The first kappa shape index (κ1) is 15.6. The lowest BCUT2D eigenvalue weighted by molar-refractivity contribution is 0.0635. The molecule has 0 aliphatic carbocycles. The fourth-order valence-electron chi connectivity index (χ4n) is 2.99. The summed E-state index contributed by atoms with van der Waals surface area (Å²) in [6.45, 7) is 9.33. The SMILES string of the molecule is CN(C1CN(c2ccc(C(C)(C)C)nn2)C1)C1COCC1O. The number of likely N-dealkylation sites (N-methyl/N-ethyl adjacent to an activating group) is 1. The van der Waals surface area contributed by atoms with E-state index in [0.717, 1.165) is 24.6 Å². The molecule has 0 spiro atoms. The quantitative estimate of drug-likeness (QED) is 0.885. The molecule has 2 unspecified atom stereocenters. The van der Waals surface area contributed by atoms with E-state index in [0.29, 0.717) is 19.3 Å². The van der Waals surface area contributed by atoms with Crippen LogP contribution in [0.15, 0.2) is 12.1 Å². The summed E-state index contributed by atoms with van der Waals surface area (Å²) < 4.78 is 5.34. The maximum Gasteiger partial charge on any atom is 0.151 e. The topological polar surface area (TPSA) is 61.7 Å². The number of hydrogen-bond donors (Lipinski definition) is 1. The summed E-state index contributed by atoms with van der Waals surface area (Å²) in [5, 5.41) is 18.6. The van der Waals surface area contributed by atoms with E-state index in [9.17, 15) is 5.11 Å². The van der Waals surface area contributed by atoms with E-state index in [1.807, 2.05) is 0 Å². The Kier molecular flexibility index (Phi) is 4.09. The van der Waals surface area contributed by atoms with Crippen LogP contribution in [0.25, 0.3) is 0 Å². The molecule has 0 radical (unpaired) electrons. The highest BCUT2D eigenvalue weighted by molar-refractivity contribution is 5.42. The highest BCUT2D eigenvalue weighted by Gasteiger charge is 2.38. The van der Waals surface area contributed by atoms with Gasteiger partial charge in [-0.25, -0.2) is 0 Å². The van der Waals surface area contributed by atoms with Crippen molar-refractivity contribution in [2.75, 3.05) is 38.3 Å². The van der Waals surface area contributed by atoms with E-state index in [2.05, 4.69) is 59.9 Å². The summed E-state index contributed by atoms with van der Waals surface area (Å²) in [6.07, 6.45) is -0.370. The van der Waals surface area contributed by atoms with Crippen LogP contribution in [0.1, 0.15) is 26.5 Å². The van der Waals surface area contributed by atoms with Crippen LogP contribution in [0.4, 0.5) is 5.82 Å². The molecule has 6 nitrogen and oxygen atoms in total. The van der Waals surface area contributed by atoms with Crippen LogP contribution >= 0.6 is 0 Å². The molecule has 6 heteroatoms. The van der Waals surface area contributed by atoms with Gasteiger partial charge in [-0.1, -0.05) is 20.8 Å². The fourth-order valence-corrected chi connectivity index (χ4v) is 2.99. The third-order valence-electron chi connectivity index (χ3n) is 4.73. The third kappa shape index (κ3) is 2.95. The van der Waals surface area contributed by atoms with Crippen LogP contribution in [0.3, 0.4) is 0 Å². The molecule has 3 rings (SSSR count). The van der Waals surface area contributed by atoms with Gasteiger partial charge in [0.1, 0.15) is 0 Å². The third-order valence-corrected chi connectivity index (χ3v) is 4.73. The first-order valence-corrected chi connectivity index (χ1v) is 7.93. The first-order chi connectivity index (χ1) is 10.4. The smallest absolute Gasteiger partial charge is 0.151 e. The minimum Gasteiger partial charge on any atom is -0.389 e. The van der Waals surface area contributed by atoms with Gasteiger partial charge in [-0.2, -0.15) is 5.10 Å². The van der Waals surface area contributed by atoms with Crippen molar-refractivity contribution in [3.05, 3.63) is 17.8 Å². The molecule has 2 aliphatic heterocycles. The van der Waals surface area contributed by atoms with Crippen molar-refractivity contribution >= 4 is 5.82 Å². The molecule has 2 aliphatic rings. The van der Waals surface area contributed by atoms with Gasteiger partial charge < -0.3 is 14.7 Å². The number of anilines is 1. The van der Waals surface area contributed by atoms with Crippen molar-refractivity contribution in [3.63, 3.8) is 0 Å². The van der Waals surface area contributed by atoms with Crippen molar-refractivity contribution < 1.29 is 9.84 Å². The van der Waals surface area contributed by atoms with Crippen molar-refractivity contribution in [1.29, 1.82) is 0 Å². The average molecular weight is 306 g/mol. The van der Waals surface area contributed by atoms with E-state index < -0.39 is 0 Å². The lowest BCUT2D eigenvalue weighted by Gasteiger charge is -2.46. The van der Waals surface area contributed by atoms with Crippen LogP contribution in [-0.2, 0) is 10.2 Å². The van der Waals surface area contributed by atoms with E-state index in [-0.39, 0.29) is 17.6 Å². The summed E-state index contributed by atoms with van der Waals surface area (Å²) in [4.78, 5) is 4.47. The molecule has 1 aromatic rings. The lowest BCUT2D eigenvalue weighted by atomic mass is 9.92. The van der Waals surface area contributed by atoms with Crippen LogP contribution in [0.2, 0.25) is 0 Å². The van der Waals surface area contributed by atoms with Gasteiger partial charge in [0.05, 0.1) is 31.1 Å². The minimum absolute atomic E-state index is 0.0296. The van der Waals surface area contributed by atoms with Gasteiger partial charge in [0.25, 0.3) is 0 Å². The molecule has 0 amide bonds. The minimum atomic E-state index is -0.370. The number of ether oxygens (including phenoxy) is 1. The molecule has 122 valence electrons. The normalized spacial score (nSPS) is 26.5. The van der Waals surface area contributed by atoms with Crippen LogP contribution in [-0.4, -0.2) is 71.7 Å². The summed E-state index contributed by atoms with van der Waals surface area (Å²) >= 11 is 0. The molecule has 2 fully saturated rings. The molecule has 2 saturated heterocycles. The van der Waals surface area contributed by atoms with Gasteiger partial charge >= 0.3 is 0 Å². The first-order valence-electron chi connectivity index (χ1n) is 7.93. The van der Waals surface area contributed by atoms with Crippen LogP contribution in [0, 0.1) is 0 Å². The van der Waals surface area contributed by atoms with Gasteiger partial charge in [-0.3, -0.25) is 4.90 Å². The van der Waals surface area contributed by atoms with Gasteiger partial charge in [0.15, 0.2) is 5.82 Å². The summed E-state index contributed by atoms with van der Waals surface area (Å²) in [6, 6.07) is 4.66. The largest absolute Gasteiger partial charge is 0.389 e. The van der Waals surface area contributed by atoms with Crippen molar-refractivity contribution in [2.24, 2.45) is 0 Å². The average Bonchev–Trinajstić information content (AvgIpc) is 2.83. The molecule has 0 bridgehead atoms. The highest BCUT2D eigenvalue weighted by atomic mass is 16.5. The second-order valence-electron chi connectivity index (χ2n) is 7.42. The Morgan fingerprint density at radius 3 is 2.45 bits per heavy atom. The molecule has 0 aromatic carbocycles. The van der Waals surface area contributed by atoms with Gasteiger partial charge in [-0.05, 0) is 19.2 Å². The molecule has 1 N–H and O–H groups in total. The fraction of sp³-hybridized carbons (Fsp3) is 0.750. The summed E-state index contributed by atoms with van der Waals surface area (Å²) in [5.41, 5.74) is 1.04. The molecular weight excluding hydrogens is 280 g/mol. The number of nitrogens with zero attached hydrogens (tertiary/aromatic N) is 4. The molecule has 0 saturated carbocycles. The Bertz CT molecular complexity index is 508. The summed E-state index contributed by atoms with van der Waals surface area (Å²) in [7, 11) is 2.07. The Morgan fingerprint density at radius 1 is 1.23 bits per heavy atom. The lowest BCUT2D eigenvalue weighted by Crippen LogP contribution is -2.62. The standard InChI is InChI=1S/C16H26N4O2/c1-16(2,3)14-5-6-15(18-17-14)20-7-11(8-20)19(4)12-9-22-10-13(12)21/h5-6,11-13,21H,7-10H2,1-4H3. The maximum atomic E-state index is 9.91. The van der Waals surface area contributed by atoms with Crippen molar-refractivity contribution in [2.45, 2.75) is 44.4 Å². The number of aliphatic hydroxyl groups is 1. The number of aromatic nitrogens is 2.